The Bertz CT molecular complexity index is 865. The van der Waals surface area contributed by atoms with Gasteiger partial charge in [0.05, 0.1) is 39.1 Å². The molecule has 6 nitrogen and oxygen atoms in total. The highest BCUT2D eigenvalue weighted by molar-refractivity contribution is 7.99. The zero-order chi connectivity index (χ0) is 18.1. The van der Waals surface area contributed by atoms with Gasteiger partial charge in [0.25, 0.3) is 5.56 Å². The van der Waals surface area contributed by atoms with Crippen molar-refractivity contribution >= 4 is 34.3 Å². The number of aliphatic hydroxyl groups excluding tert-OH is 1. The Morgan fingerprint density at radius 3 is 2.62 bits per heavy atom. The Hall–Kier alpha value is -1.49. The fraction of sp³-hybridized carbons (Fsp3) is 0.385. The molecular formula is C13H12ClF3N2O4S. The molecule has 132 valence electrons. The number of hydrogen-bond donors (Lipinski definition) is 3. The lowest BCUT2D eigenvalue weighted by Gasteiger charge is -2.16. The Labute approximate surface area is 142 Å². The lowest BCUT2D eigenvalue weighted by Crippen LogP contribution is -2.23. The van der Waals surface area contributed by atoms with Gasteiger partial charge in [-0.05, 0) is 6.07 Å². The van der Waals surface area contributed by atoms with Gasteiger partial charge in [0.1, 0.15) is 0 Å². The molecule has 0 radical (unpaired) electrons. The SMILES string of the molecule is COC[C@@H](O)CSc1c(Cl)c(C(F)(F)F)cc2c(=O)[nH]c(=O)[nH]c12. The van der Waals surface area contributed by atoms with Gasteiger partial charge in [-0.25, -0.2) is 4.79 Å². The summed E-state index contributed by atoms with van der Waals surface area (Å²) in [5, 5.41) is 8.66. The van der Waals surface area contributed by atoms with Crippen molar-refractivity contribution in [3.05, 3.63) is 37.5 Å². The first-order valence-electron chi connectivity index (χ1n) is 6.51. The third-order valence-corrected chi connectivity index (χ3v) is 4.77. The van der Waals surface area contributed by atoms with E-state index in [9.17, 15) is 27.9 Å². The number of benzene rings is 1. The molecule has 0 saturated heterocycles. The predicted octanol–water partition coefficient (Wildman–Crippen LogP) is 1.99. The Kier molecular flexibility index (Phi) is 5.63. The van der Waals surface area contributed by atoms with Crippen LogP contribution in [-0.4, -0.2) is 40.6 Å². The molecule has 1 atom stereocenters. The maximum absolute atomic E-state index is 13.1. The van der Waals surface area contributed by atoms with Crippen molar-refractivity contribution < 1.29 is 23.0 Å². The second-order valence-electron chi connectivity index (χ2n) is 4.82. The highest BCUT2D eigenvalue weighted by Crippen LogP contribution is 2.42. The zero-order valence-electron chi connectivity index (χ0n) is 12.2. The number of ether oxygens (including phenoxy) is 1. The van der Waals surface area contributed by atoms with Gasteiger partial charge in [-0.15, -0.1) is 11.8 Å². The van der Waals surface area contributed by atoms with Crippen LogP contribution in [0.2, 0.25) is 5.02 Å². The normalized spacial score (nSPS) is 13.4. The fourth-order valence-electron chi connectivity index (χ4n) is 2.01. The van der Waals surface area contributed by atoms with Crippen molar-refractivity contribution in [3.8, 4) is 0 Å². The lowest BCUT2D eigenvalue weighted by molar-refractivity contribution is -0.137. The molecule has 0 fully saturated rings. The van der Waals surface area contributed by atoms with E-state index in [0.29, 0.717) is 6.07 Å². The second-order valence-corrected chi connectivity index (χ2v) is 6.22. The molecule has 0 saturated carbocycles. The van der Waals surface area contributed by atoms with E-state index < -0.39 is 34.1 Å². The number of aliphatic hydroxyl groups is 1. The van der Waals surface area contributed by atoms with Crippen LogP contribution in [0.25, 0.3) is 10.9 Å². The third kappa shape index (κ3) is 3.94. The standard InChI is InChI=1S/C13H12ClF3N2O4S/c1-23-3-5(20)4-24-10-8(14)7(13(15,16)17)2-6-9(10)18-12(22)19-11(6)21/h2,5,20H,3-4H2,1H3,(H2,18,19,21,22)/t5-/m1/s1. The van der Waals surface area contributed by atoms with Crippen LogP contribution in [0.3, 0.4) is 0 Å². The van der Waals surface area contributed by atoms with E-state index in [1.165, 1.54) is 7.11 Å². The molecule has 24 heavy (non-hydrogen) atoms. The average molecular weight is 385 g/mol. The van der Waals surface area contributed by atoms with Crippen molar-refractivity contribution in [2.75, 3.05) is 19.5 Å². The van der Waals surface area contributed by atoms with Gasteiger partial charge >= 0.3 is 11.9 Å². The van der Waals surface area contributed by atoms with Crippen molar-refractivity contribution in [2.45, 2.75) is 17.2 Å². The molecule has 1 heterocycles. The molecule has 0 aliphatic rings. The number of hydrogen-bond acceptors (Lipinski definition) is 5. The number of rotatable bonds is 5. The number of fused-ring (bicyclic) bond motifs is 1. The lowest BCUT2D eigenvalue weighted by atomic mass is 10.1. The van der Waals surface area contributed by atoms with Crippen LogP contribution in [0.15, 0.2) is 20.6 Å². The van der Waals surface area contributed by atoms with Gasteiger partial charge < -0.3 is 14.8 Å². The first kappa shape index (κ1) is 18.8. The summed E-state index contributed by atoms with van der Waals surface area (Å²) in [6.45, 7) is -0.0292. The van der Waals surface area contributed by atoms with Crippen LogP contribution in [-0.2, 0) is 10.9 Å². The Balaban J connectivity index is 2.67. The Morgan fingerprint density at radius 1 is 1.38 bits per heavy atom. The van der Waals surface area contributed by atoms with Crippen molar-refractivity contribution in [1.29, 1.82) is 0 Å². The largest absolute Gasteiger partial charge is 0.417 e. The van der Waals surface area contributed by atoms with Crippen LogP contribution in [0.1, 0.15) is 5.56 Å². The van der Waals surface area contributed by atoms with E-state index in [2.05, 4.69) is 4.98 Å². The summed E-state index contributed by atoms with van der Waals surface area (Å²) in [5.74, 6) is -0.0429. The maximum atomic E-state index is 13.1. The van der Waals surface area contributed by atoms with Crippen molar-refractivity contribution in [3.63, 3.8) is 0 Å². The van der Waals surface area contributed by atoms with E-state index in [4.69, 9.17) is 16.3 Å². The smallest absolute Gasteiger partial charge is 0.390 e. The van der Waals surface area contributed by atoms with Crippen molar-refractivity contribution in [1.82, 2.24) is 9.97 Å². The maximum Gasteiger partial charge on any atom is 0.417 e. The molecule has 0 spiro atoms. The van der Waals surface area contributed by atoms with Crippen LogP contribution in [0, 0.1) is 0 Å². The number of H-pyrrole nitrogens is 2. The van der Waals surface area contributed by atoms with Crippen LogP contribution in [0.4, 0.5) is 13.2 Å². The number of alkyl halides is 3. The topological polar surface area (TPSA) is 95.2 Å². The molecule has 0 unspecified atom stereocenters. The highest BCUT2D eigenvalue weighted by atomic mass is 35.5. The molecule has 11 heteroatoms. The van der Waals surface area contributed by atoms with Crippen LogP contribution < -0.4 is 11.2 Å². The van der Waals surface area contributed by atoms with Crippen molar-refractivity contribution in [2.24, 2.45) is 0 Å². The summed E-state index contributed by atoms with van der Waals surface area (Å²) < 4.78 is 44.2. The highest BCUT2D eigenvalue weighted by Gasteiger charge is 2.35. The number of thioether (sulfide) groups is 1. The second kappa shape index (κ2) is 7.18. The monoisotopic (exact) mass is 384 g/mol. The van der Waals surface area contributed by atoms with Gasteiger partial charge in [-0.3, -0.25) is 9.78 Å². The third-order valence-electron chi connectivity index (χ3n) is 3.02. The summed E-state index contributed by atoms with van der Waals surface area (Å²) >= 11 is 6.64. The molecule has 2 rings (SSSR count). The molecule has 0 aliphatic carbocycles. The summed E-state index contributed by atoms with van der Waals surface area (Å²) in [7, 11) is 1.36. The Morgan fingerprint density at radius 2 is 2.04 bits per heavy atom. The zero-order valence-corrected chi connectivity index (χ0v) is 13.7. The van der Waals surface area contributed by atoms with Crippen LogP contribution in [0.5, 0.6) is 0 Å². The summed E-state index contributed by atoms with van der Waals surface area (Å²) in [5.41, 5.74) is -3.15. The molecule has 0 bridgehead atoms. The van der Waals surface area contributed by atoms with Gasteiger partial charge in [-0.1, -0.05) is 11.6 Å². The quantitative estimate of drug-likeness (QED) is 0.685. The summed E-state index contributed by atoms with van der Waals surface area (Å²) in [6, 6.07) is 0.585. The van der Waals surface area contributed by atoms with Gasteiger partial charge in [0.2, 0.25) is 0 Å². The molecule has 2 aromatic rings. The number of aromatic amines is 2. The number of nitrogens with one attached hydrogen (secondary N) is 2. The van der Waals surface area contributed by atoms with E-state index in [-0.39, 0.29) is 28.2 Å². The van der Waals surface area contributed by atoms with E-state index >= 15 is 0 Å². The predicted molar refractivity (Wildman–Crippen MR) is 83.8 cm³/mol. The molecule has 1 aromatic heterocycles. The first-order valence-corrected chi connectivity index (χ1v) is 7.87. The molecule has 3 N–H and O–H groups in total. The van der Waals surface area contributed by atoms with Crippen LogP contribution >= 0.6 is 23.4 Å². The van der Waals surface area contributed by atoms with E-state index in [1.807, 2.05) is 4.98 Å². The fourth-order valence-corrected chi connectivity index (χ4v) is 3.43. The minimum absolute atomic E-state index is 0.0292. The molecule has 0 amide bonds. The number of methoxy groups -OCH3 is 1. The molecule has 1 aromatic carbocycles. The van der Waals surface area contributed by atoms with E-state index in [1.54, 1.807) is 0 Å². The van der Waals surface area contributed by atoms with E-state index in [0.717, 1.165) is 11.8 Å². The summed E-state index contributed by atoms with van der Waals surface area (Å²) in [4.78, 5) is 27.3. The summed E-state index contributed by atoms with van der Waals surface area (Å²) in [6.07, 6.45) is -5.75. The molecular weight excluding hydrogens is 373 g/mol. The minimum Gasteiger partial charge on any atom is -0.390 e. The van der Waals surface area contributed by atoms with Gasteiger partial charge in [0.15, 0.2) is 0 Å². The first-order chi connectivity index (χ1) is 11.1. The minimum atomic E-state index is -4.78. The average Bonchev–Trinajstić information content (AvgIpc) is 2.44. The number of aromatic nitrogens is 2. The number of halogens is 4. The molecule has 0 aliphatic heterocycles. The van der Waals surface area contributed by atoms with Gasteiger partial charge in [-0.2, -0.15) is 13.2 Å². The van der Waals surface area contributed by atoms with Gasteiger partial charge in [0, 0.05) is 12.9 Å².